The summed E-state index contributed by atoms with van der Waals surface area (Å²) >= 11 is 0. The van der Waals surface area contributed by atoms with Gasteiger partial charge in [-0.2, -0.15) is 0 Å². The van der Waals surface area contributed by atoms with Crippen molar-refractivity contribution < 1.29 is 14.3 Å². The Bertz CT molecular complexity index is 317. The normalized spacial score (nSPS) is 11.2. The van der Waals surface area contributed by atoms with Crippen LogP contribution in [0.2, 0.25) is 0 Å². The molecule has 4 heteroatoms. The number of methoxy groups -OCH3 is 1. The minimum Gasteiger partial charge on any atom is -0.497 e. The Hall–Kier alpha value is -1.55. The number of rotatable bonds is 10. The average Bonchev–Trinajstić information content (AvgIpc) is 2.40. The second-order valence-electron chi connectivity index (χ2n) is 3.69. The third-order valence-electron chi connectivity index (χ3n) is 2.61. The Balaban J connectivity index is 4.25. The van der Waals surface area contributed by atoms with Gasteiger partial charge in [-0.05, 0) is 19.2 Å². The van der Waals surface area contributed by atoms with Crippen molar-refractivity contribution >= 4 is 6.29 Å². The summed E-state index contributed by atoms with van der Waals surface area (Å²) in [6.45, 7) is 14.8. The molecule has 0 radical (unpaired) electrons. The maximum absolute atomic E-state index is 10.9. The lowest BCUT2D eigenvalue weighted by atomic mass is 10.2. The maximum Gasteiger partial charge on any atom is 0.153 e. The zero-order valence-electron chi connectivity index (χ0n) is 11.6. The molecule has 0 aromatic rings. The van der Waals surface area contributed by atoms with Gasteiger partial charge >= 0.3 is 0 Å². The van der Waals surface area contributed by atoms with Gasteiger partial charge in [0.05, 0.1) is 12.7 Å². The zero-order valence-corrected chi connectivity index (χ0v) is 11.6. The van der Waals surface area contributed by atoms with Crippen LogP contribution in [-0.2, 0) is 14.3 Å². The Labute approximate surface area is 110 Å². The topological polar surface area (TPSA) is 38.8 Å². The summed E-state index contributed by atoms with van der Waals surface area (Å²) in [6, 6.07) is 0. The summed E-state index contributed by atoms with van der Waals surface area (Å²) in [5.41, 5.74) is 0.349. The first-order valence-corrected chi connectivity index (χ1v) is 6.03. The monoisotopic (exact) mass is 253 g/mol. The van der Waals surface area contributed by atoms with Crippen molar-refractivity contribution in [1.29, 1.82) is 0 Å². The number of nitrogens with zero attached hydrogens (tertiary/aromatic N) is 1. The number of allylic oxidation sites excluding steroid dienone is 2. The molecule has 0 spiro atoms. The lowest BCUT2D eigenvalue weighted by Crippen LogP contribution is -2.27. The molecule has 0 atom stereocenters. The standard InChI is InChI=1S/C14H23NO3/c1-6-15(7-2)8-9-18-13(4)14(11-16)10-12(3)17-5/h10-11H,3-4,6-9H2,1-2,5H3/b14-10-. The van der Waals surface area contributed by atoms with Gasteiger partial charge in [-0.25, -0.2) is 0 Å². The van der Waals surface area contributed by atoms with Gasteiger partial charge in [-0.1, -0.05) is 27.0 Å². The molecular weight excluding hydrogens is 230 g/mol. The van der Waals surface area contributed by atoms with E-state index >= 15 is 0 Å². The number of aldehydes is 1. The summed E-state index contributed by atoms with van der Waals surface area (Å²) in [5.74, 6) is 0.737. The fourth-order valence-electron chi connectivity index (χ4n) is 1.33. The fraction of sp³-hybridized carbons (Fsp3) is 0.500. The highest BCUT2D eigenvalue weighted by molar-refractivity contribution is 5.79. The second kappa shape index (κ2) is 9.48. The predicted octanol–water partition coefficient (Wildman–Crippen LogP) is 2.14. The molecule has 0 heterocycles. The lowest BCUT2D eigenvalue weighted by molar-refractivity contribution is -0.105. The van der Waals surface area contributed by atoms with Crippen molar-refractivity contribution in [1.82, 2.24) is 4.90 Å². The molecule has 4 nitrogen and oxygen atoms in total. The molecule has 0 aromatic carbocycles. The van der Waals surface area contributed by atoms with E-state index in [1.807, 2.05) is 0 Å². The average molecular weight is 253 g/mol. The first-order chi connectivity index (χ1) is 8.58. The minimum atomic E-state index is 0.343. The van der Waals surface area contributed by atoms with Crippen LogP contribution >= 0.6 is 0 Å². The van der Waals surface area contributed by atoms with Crippen LogP contribution in [0.1, 0.15) is 13.8 Å². The van der Waals surface area contributed by atoms with E-state index in [0.29, 0.717) is 30.0 Å². The number of hydrogen-bond acceptors (Lipinski definition) is 4. The number of carbonyl (C=O) groups excluding carboxylic acids is 1. The number of hydrogen-bond donors (Lipinski definition) is 0. The molecule has 0 N–H and O–H groups in total. The molecule has 0 rings (SSSR count). The van der Waals surface area contributed by atoms with Gasteiger partial charge in [-0.15, -0.1) is 0 Å². The Morgan fingerprint density at radius 3 is 2.33 bits per heavy atom. The Kier molecular flexibility index (Phi) is 8.66. The fourth-order valence-corrected chi connectivity index (χ4v) is 1.33. The Morgan fingerprint density at radius 2 is 1.89 bits per heavy atom. The molecule has 0 bridgehead atoms. The zero-order chi connectivity index (χ0) is 14.0. The van der Waals surface area contributed by atoms with Gasteiger partial charge in [-0.3, -0.25) is 4.79 Å². The van der Waals surface area contributed by atoms with Gasteiger partial charge in [0.25, 0.3) is 0 Å². The lowest BCUT2D eigenvalue weighted by Gasteiger charge is -2.18. The van der Waals surface area contributed by atoms with E-state index in [-0.39, 0.29) is 0 Å². The Morgan fingerprint density at radius 1 is 1.28 bits per heavy atom. The third kappa shape index (κ3) is 6.25. The van der Waals surface area contributed by atoms with Crippen LogP contribution in [0.4, 0.5) is 0 Å². The van der Waals surface area contributed by atoms with Crippen molar-refractivity contribution in [3.8, 4) is 0 Å². The quantitative estimate of drug-likeness (QED) is 0.259. The second-order valence-corrected chi connectivity index (χ2v) is 3.69. The van der Waals surface area contributed by atoms with E-state index in [2.05, 4.69) is 31.9 Å². The van der Waals surface area contributed by atoms with E-state index in [0.717, 1.165) is 19.6 Å². The number of carbonyl (C=O) groups is 1. The number of ether oxygens (including phenoxy) is 2. The van der Waals surface area contributed by atoms with E-state index < -0.39 is 0 Å². The van der Waals surface area contributed by atoms with E-state index in [1.54, 1.807) is 0 Å². The van der Waals surface area contributed by atoms with Gasteiger partial charge in [0.15, 0.2) is 6.29 Å². The summed E-state index contributed by atoms with van der Waals surface area (Å²) in [7, 11) is 1.49. The first kappa shape index (κ1) is 16.4. The predicted molar refractivity (Wildman–Crippen MR) is 73.2 cm³/mol. The van der Waals surface area contributed by atoms with E-state index in [1.165, 1.54) is 13.2 Å². The molecule has 0 unspecified atom stereocenters. The summed E-state index contributed by atoms with van der Waals surface area (Å²) in [5, 5.41) is 0. The van der Waals surface area contributed by atoms with Crippen LogP contribution < -0.4 is 0 Å². The van der Waals surface area contributed by atoms with Crippen LogP contribution in [0, 0.1) is 0 Å². The van der Waals surface area contributed by atoms with Gasteiger partial charge in [0.2, 0.25) is 0 Å². The minimum absolute atomic E-state index is 0.343. The molecule has 0 aliphatic rings. The van der Waals surface area contributed by atoms with Crippen molar-refractivity contribution in [3.63, 3.8) is 0 Å². The summed E-state index contributed by atoms with van der Waals surface area (Å²) < 4.78 is 10.3. The van der Waals surface area contributed by atoms with Gasteiger partial charge < -0.3 is 14.4 Å². The van der Waals surface area contributed by atoms with E-state index in [4.69, 9.17) is 9.47 Å². The largest absolute Gasteiger partial charge is 0.497 e. The van der Waals surface area contributed by atoms with Crippen LogP contribution in [0.5, 0.6) is 0 Å². The van der Waals surface area contributed by atoms with Crippen molar-refractivity contribution in [2.24, 2.45) is 0 Å². The highest BCUT2D eigenvalue weighted by Gasteiger charge is 2.05. The molecule has 102 valence electrons. The third-order valence-corrected chi connectivity index (χ3v) is 2.61. The highest BCUT2D eigenvalue weighted by Crippen LogP contribution is 2.10. The molecule has 0 aromatic heterocycles. The molecule has 0 amide bonds. The van der Waals surface area contributed by atoms with E-state index in [9.17, 15) is 4.79 Å². The molecule has 0 fully saturated rings. The highest BCUT2D eigenvalue weighted by atomic mass is 16.5. The van der Waals surface area contributed by atoms with Gasteiger partial charge in [0, 0.05) is 6.54 Å². The van der Waals surface area contributed by atoms with Crippen molar-refractivity contribution in [2.75, 3.05) is 33.4 Å². The molecule has 0 aliphatic carbocycles. The molecule has 0 aliphatic heterocycles. The van der Waals surface area contributed by atoms with Crippen LogP contribution in [0.15, 0.2) is 36.3 Å². The smallest absolute Gasteiger partial charge is 0.153 e. The van der Waals surface area contributed by atoms with Crippen LogP contribution in [0.25, 0.3) is 0 Å². The van der Waals surface area contributed by atoms with Crippen molar-refractivity contribution in [2.45, 2.75) is 13.8 Å². The van der Waals surface area contributed by atoms with Crippen molar-refractivity contribution in [3.05, 3.63) is 36.3 Å². The van der Waals surface area contributed by atoms with Crippen LogP contribution in [-0.4, -0.2) is 44.5 Å². The molecule has 0 saturated heterocycles. The molecule has 0 saturated carbocycles. The SMILES string of the molecule is C=C(/C=C(/C=O)C(=C)OCCN(CC)CC)OC. The van der Waals surface area contributed by atoms with Crippen LogP contribution in [0.3, 0.4) is 0 Å². The maximum atomic E-state index is 10.9. The first-order valence-electron chi connectivity index (χ1n) is 6.03. The summed E-state index contributed by atoms with van der Waals surface area (Å²) in [4.78, 5) is 13.1. The number of likely N-dealkylation sites (N-methyl/N-ethyl adjacent to an activating group) is 1. The summed E-state index contributed by atoms with van der Waals surface area (Å²) in [6.07, 6.45) is 2.19. The molecule has 18 heavy (non-hydrogen) atoms. The van der Waals surface area contributed by atoms with Gasteiger partial charge in [0.1, 0.15) is 18.1 Å². The molecular formula is C14H23NO3.